The Labute approximate surface area is 40.0 Å². The molecule has 6 heavy (non-hydrogen) atoms. The zero-order chi connectivity index (χ0) is 5.15. The van der Waals surface area contributed by atoms with Crippen molar-refractivity contribution in [2.45, 2.75) is 13.8 Å². The second-order valence-corrected chi connectivity index (χ2v) is 1.84. The van der Waals surface area contributed by atoms with Gasteiger partial charge in [0.05, 0.1) is 0 Å². The van der Waals surface area contributed by atoms with Crippen molar-refractivity contribution in [1.29, 1.82) is 0 Å². The highest BCUT2D eigenvalue weighted by Gasteiger charge is 1.73. The quantitative estimate of drug-likeness (QED) is 0.432. The molecule has 1 heteroatoms. The minimum atomic E-state index is 1.34. The fourth-order valence-electron chi connectivity index (χ4n) is 0. The van der Waals surface area contributed by atoms with Crippen LogP contribution in [-0.4, -0.2) is 19.0 Å². The van der Waals surface area contributed by atoms with Gasteiger partial charge in [0, 0.05) is 0 Å². The third-order valence-corrected chi connectivity index (χ3v) is 0.894. The van der Waals surface area contributed by atoms with Crippen molar-refractivity contribution in [3.63, 3.8) is 0 Å². The van der Waals surface area contributed by atoms with Crippen LogP contribution in [0.25, 0.3) is 0 Å². The third kappa shape index (κ3) is 2.21. The number of nitrogens with zero attached hydrogens (tertiary/aromatic N) is 1. The van der Waals surface area contributed by atoms with Gasteiger partial charge in [-0.3, -0.25) is 6.04 Å². The van der Waals surface area contributed by atoms with Gasteiger partial charge in [-0.05, 0) is 14.1 Å². The molecule has 0 rings (SSSR count). The minimum absolute atomic E-state index is 1.34. The maximum absolute atomic E-state index is 2.08. The molecule has 0 radical (unpaired) electrons. The van der Waals surface area contributed by atoms with E-state index in [1.165, 1.54) is 6.04 Å². The van der Waals surface area contributed by atoms with Crippen LogP contribution in [0, 0.1) is 6.04 Å². The molecular weight excluding hydrogens is 74.1 g/mol. The summed E-state index contributed by atoms with van der Waals surface area (Å²) in [7, 11) is 4.07. The summed E-state index contributed by atoms with van der Waals surface area (Å²) in [6.07, 6.45) is 0. The van der Waals surface area contributed by atoms with E-state index in [0.29, 0.717) is 0 Å². The molecule has 38 valence electrons. The predicted octanol–water partition coefficient (Wildman–Crippen LogP) is 1.12. The van der Waals surface area contributed by atoms with Crippen LogP contribution < -0.4 is 0 Å². The van der Waals surface area contributed by atoms with Crippen molar-refractivity contribution in [2.75, 3.05) is 14.1 Å². The molecule has 0 unspecified atom stereocenters. The Morgan fingerprint density at radius 1 is 1.17 bits per heavy atom. The van der Waals surface area contributed by atoms with Crippen LogP contribution in [0.2, 0.25) is 0 Å². The van der Waals surface area contributed by atoms with Gasteiger partial charge in [0.15, 0.2) is 0 Å². The summed E-state index contributed by atoms with van der Waals surface area (Å²) >= 11 is 0. The normalized spacial score (nSPS) is 11.0. The van der Waals surface area contributed by atoms with E-state index in [2.05, 4.69) is 18.7 Å². The van der Waals surface area contributed by atoms with Gasteiger partial charge < -0.3 is 4.90 Å². The minimum Gasteiger partial charge on any atom is -0.459 e. The van der Waals surface area contributed by atoms with Gasteiger partial charge in [0.1, 0.15) is 0 Å². The Morgan fingerprint density at radius 2 is 1.33 bits per heavy atom. The van der Waals surface area contributed by atoms with Crippen molar-refractivity contribution < 1.29 is 0 Å². The molecule has 0 aliphatic heterocycles. The molecule has 0 fully saturated rings. The maximum atomic E-state index is 2.08. The van der Waals surface area contributed by atoms with Gasteiger partial charge in [0.25, 0.3) is 0 Å². The topological polar surface area (TPSA) is 3.24 Å². The van der Waals surface area contributed by atoms with E-state index < -0.39 is 0 Å². The van der Waals surface area contributed by atoms with Gasteiger partial charge in [0.2, 0.25) is 0 Å². The molecule has 0 aromatic heterocycles. The summed E-state index contributed by atoms with van der Waals surface area (Å²) in [6, 6.07) is 1.34. The van der Waals surface area contributed by atoms with Crippen LogP contribution in [0.1, 0.15) is 13.8 Å². The van der Waals surface area contributed by atoms with Gasteiger partial charge in [-0.15, -0.1) is 0 Å². The van der Waals surface area contributed by atoms with Crippen molar-refractivity contribution in [2.24, 2.45) is 0 Å². The average Bonchev–Trinajstić information content (AvgIpc) is 1.36. The monoisotopic (exact) mass is 86.1 g/mol. The lowest BCUT2D eigenvalue weighted by Gasteiger charge is -2.28. The average molecular weight is 86.2 g/mol. The molecule has 0 saturated carbocycles. The zero-order valence-electron chi connectivity index (χ0n) is 4.95. The highest BCUT2D eigenvalue weighted by Crippen LogP contribution is 1.95. The molecule has 0 aromatic rings. The smallest absolute Gasteiger partial charge is 0.0423 e. The number of rotatable bonds is 1. The van der Waals surface area contributed by atoms with E-state index in [9.17, 15) is 0 Å². The Hall–Kier alpha value is -0.0400. The van der Waals surface area contributed by atoms with Gasteiger partial charge in [-0.1, -0.05) is 0 Å². The number of hydrogen-bond donors (Lipinski definition) is 0. The van der Waals surface area contributed by atoms with Gasteiger partial charge in [-0.25, -0.2) is 0 Å². The van der Waals surface area contributed by atoms with Crippen LogP contribution >= 0.6 is 0 Å². The standard InChI is InChI=1S/C5H12N/c1-5(2)6(3)4/h1-4H3/q-1. The summed E-state index contributed by atoms with van der Waals surface area (Å²) in [5, 5.41) is 0. The SMILES string of the molecule is C[C-](C)N(C)C. The van der Waals surface area contributed by atoms with Crippen LogP contribution in [-0.2, 0) is 0 Å². The molecule has 0 aromatic carbocycles. The first kappa shape index (κ1) is 5.96. The number of hydrogen-bond acceptors (Lipinski definition) is 1. The molecule has 0 aliphatic rings. The Morgan fingerprint density at radius 3 is 1.33 bits per heavy atom. The Bertz CT molecular complexity index is 24.9. The van der Waals surface area contributed by atoms with Crippen LogP contribution in [0.15, 0.2) is 0 Å². The summed E-state index contributed by atoms with van der Waals surface area (Å²) in [4.78, 5) is 2.08. The molecule has 0 atom stereocenters. The first-order chi connectivity index (χ1) is 2.64. The van der Waals surface area contributed by atoms with Gasteiger partial charge >= 0.3 is 0 Å². The molecule has 0 N–H and O–H groups in total. The highest BCUT2D eigenvalue weighted by molar-refractivity contribution is 4.70. The summed E-state index contributed by atoms with van der Waals surface area (Å²) in [5.74, 6) is 0. The molecule has 0 amide bonds. The zero-order valence-corrected chi connectivity index (χ0v) is 4.95. The van der Waals surface area contributed by atoms with Crippen molar-refractivity contribution in [1.82, 2.24) is 4.90 Å². The van der Waals surface area contributed by atoms with Crippen molar-refractivity contribution >= 4 is 0 Å². The molecular formula is C5H12N-. The summed E-state index contributed by atoms with van der Waals surface area (Å²) in [6.45, 7) is 4.17. The summed E-state index contributed by atoms with van der Waals surface area (Å²) < 4.78 is 0. The Kier molecular flexibility index (Phi) is 2.18. The van der Waals surface area contributed by atoms with E-state index in [1.54, 1.807) is 0 Å². The van der Waals surface area contributed by atoms with E-state index in [0.717, 1.165) is 0 Å². The third-order valence-electron chi connectivity index (χ3n) is 0.894. The van der Waals surface area contributed by atoms with E-state index in [4.69, 9.17) is 0 Å². The molecule has 0 bridgehead atoms. The lowest BCUT2D eigenvalue weighted by Crippen LogP contribution is -2.12. The lowest BCUT2D eigenvalue weighted by atomic mass is 10.4. The molecule has 0 spiro atoms. The Balaban J connectivity index is 2.99. The van der Waals surface area contributed by atoms with Crippen molar-refractivity contribution in [3.05, 3.63) is 6.04 Å². The molecule has 0 saturated heterocycles. The fraction of sp³-hybridized carbons (Fsp3) is 0.800. The van der Waals surface area contributed by atoms with E-state index in [1.807, 2.05) is 14.1 Å². The highest BCUT2D eigenvalue weighted by atomic mass is 15.1. The van der Waals surface area contributed by atoms with Gasteiger partial charge in [-0.2, -0.15) is 13.8 Å². The maximum Gasteiger partial charge on any atom is -0.0423 e. The predicted molar refractivity (Wildman–Crippen MR) is 28.3 cm³/mol. The lowest BCUT2D eigenvalue weighted by molar-refractivity contribution is 0.435. The molecule has 1 nitrogen and oxygen atoms in total. The van der Waals surface area contributed by atoms with Crippen LogP contribution in [0.5, 0.6) is 0 Å². The second kappa shape index (κ2) is 2.19. The fourth-order valence-corrected chi connectivity index (χ4v) is 0. The molecule has 0 aliphatic carbocycles. The largest absolute Gasteiger partial charge is 0.459 e. The second-order valence-electron chi connectivity index (χ2n) is 1.84. The summed E-state index contributed by atoms with van der Waals surface area (Å²) in [5.41, 5.74) is 0. The van der Waals surface area contributed by atoms with Crippen LogP contribution in [0.3, 0.4) is 0 Å². The van der Waals surface area contributed by atoms with Crippen molar-refractivity contribution in [3.8, 4) is 0 Å². The molecule has 0 heterocycles. The van der Waals surface area contributed by atoms with E-state index in [-0.39, 0.29) is 0 Å². The van der Waals surface area contributed by atoms with Crippen LogP contribution in [0.4, 0.5) is 0 Å². The van der Waals surface area contributed by atoms with E-state index >= 15 is 0 Å². The first-order valence-electron chi connectivity index (χ1n) is 2.12. The first-order valence-corrected chi connectivity index (χ1v) is 2.12.